The second-order valence-electron chi connectivity index (χ2n) is 23.8. The minimum absolute atomic E-state index is 0. The Balaban J connectivity index is 0.00000360. The van der Waals surface area contributed by atoms with E-state index in [1.54, 1.807) is 22.3 Å². The summed E-state index contributed by atoms with van der Waals surface area (Å²) in [6.45, 7) is 40.7. The summed E-state index contributed by atoms with van der Waals surface area (Å²) >= 11 is -4.46. The van der Waals surface area contributed by atoms with Crippen LogP contribution in [0.2, 0.25) is 9.26 Å². The van der Waals surface area contributed by atoms with Crippen molar-refractivity contribution in [1.29, 1.82) is 0 Å². The number of rotatable bonds is 6. The number of halogens is 2. The van der Waals surface area contributed by atoms with E-state index < -0.39 is 17.4 Å². The molecule has 0 bridgehead atoms. The molecular weight excluding hydrogens is 935 g/mol. The van der Waals surface area contributed by atoms with Crippen molar-refractivity contribution in [1.82, 2.24) is 0 Å². The van der Waals surface area contributed by atoms with Crippen LogP contribution in [-0.2, 0) is 17.4 Å². The first-order valence-electron chi connectivity index (χ1n) is 23.8. The second-order valence-corrected chi connectivity index (χ2v) is 54.3. The molecule has 0 saturated heterocycles. The zero-order valence-electron chi connectivity index (χ0n) is 43.4. The zero-order chi connectivity index (χ0) is 46.8. The molecule has 0 aliphatic heterocycles. The van der Waals surface area contributed by atoms with Gasteiger partial charge in [-0.15, -0.1) is 24.8 Å². The smallest absolute Gasteiger partial charge is 0.147 e. The van der Waals surface area contributed by atoms with E-state index in [0.29, 0.717) is 7.25 Å². The normalized spacial score (nSPS) is 16.3. The molecule has 4 heteroatoms. The van der Waals surface area contributed by atoms with Crippen molar-refractivity contribution in [3.05, 3.63) is 175 Å². The summed E-state index contributed by atoms with van der Waals surface area (Å²) in [5, 5.41) is 0. The minimum Gasteiger partial charge on any atom is -0.147 e. The van der Waals surface area contributed by atoms with E-state index in [9.17, 15) is 0 Å². The minimum atomic E-state index is -4.46. The molecule has 0 aromatic heterocycles. The van der Waals surface area contributed by atoms with Crippen molar-refractivity contribution in [2.45, 2.75) is 127 Å². The fraction of sp³-hybridized carbons (Fsp3) is 0.355. The third-order valence-corrected chi connectivity index (χ3v) is 31.8. The maximum Gasteiger partial charge on any atom is -0.147 e. The van der Waals surface area contributed by atoms with E-state index in [-0.39, 0.29) is 35.6 Å². The largest absolute Gasteiger partial charge is 0.147 e. The van der Waals surface area contributed by atoms with Gasteiger partial charge in [0.15, 0.2) is 0 Å². The third kappa shape index (κ3) is 8.97. The maximum absolute atomic E-state index is 4.46. The predicted octanol–water partition coefficient (Wildman–Crippen LogP) is 18.4. The van der Waals surface area contributed by atoms with Gasteiger partial charge in [-0.2, -0.15) is 0 Å². The summed E-state index contributed by atoms with van der Waals surface area (Å²) < 4.78 is 6.38. The molecule has 0 amide bonds. The summed E-state index contributed by atoms with van der Waals surface area (Å²) in [5.74, 6) is 0. The third-order valence-electron chi connectivity index (χ3n) is 14.8. The summed E-state index contributed by atoms with van der Waals surface area (Å²) in [5.41, 5.74) is 33.9. The van der Waals surface area contributed by atoms with E-state index in [1.165, 1.54) is 111 Å². The van der Waals surface area contributed by atoms with Gasteiger partial charge in [-0.25, -0.2) is 0 Å². The molecule has 0 fully saturated rings. The van der Waals surface area contributed by atoms with E-state index >= 15 is 0 Å². The molecule has 6 aromatic carbocycles. The number of fused-ring (bicyclic) bond motifs is 2. The fourth-order valence-electron chi connectivity index (χ4n) is 13.2. The van der Waals surface area contributed by atoms with Gasteiger partial charge in [0, 0.05) is 0 Å². The Labute approximate surface area is 414 Å². The van der Waals surface area contributed by atoms with Crippen LogP contribution in [0.3, 0.4) is 0 Å². The van der Waals surface area contributed by atoms with Gasteiger partial charge in [-0.3, -0.25) is 0 Å². The van der Waals surface area contributed by atoms with Crippen LogP contribution in [-0.4, -0.2) is 6.88 Å². The van der Waals surface area contributed by atoms with Crippen LogP contribution in [0.1, 0.15) is 129 Å². The number of allylic oxidation sites excluding steroid dienone is 4. The molecule has 0 saturated carbocycles. The monoisotopic (exact) mass is 1010 g/mol. The molecule has 2 unspecified atom stereocenters. The molecule has 0 spiro atoms. The van der Waals surface area contributed by atoms with Crippen molar-refractivity contribution in [2.75, 3.05) is 0 Å². The molecule has 2 aliphatic carbocycles. The Morgan fingerprint density at radius 2 is 0.576 bits per heavy atom. The predicted molar refractivity (Wildman–Crippen MR) is 297 cm³/mol. The molecule has 2 atom stereocenters. The van der Waals surface area contributed by atoms with E-state index in [4.69, 9.17) is 0 Å². The summed E-state index contributed by atoms with van der Waals surface area (Å²) in [6, 6.07) is 38.8. The number of aryl methyl sites for hydroxylation is 8. The summed E-state index contributed by atoms with van der Waals surface area (Å²) in [6.07, 6.45) is 0. The van der Waals surface area contributed by atoms with E-state index in [0.717, 1.165) is 0 Å². The van der Waals surface area contributed by atoms with Crippen LogP contribution in [0.25, 0.3) is 55.7 Å². The summed E-state index contributed by atoms with van der Waals surface area (Å²) in [7, 11) is 0. The molecule has 2 aliphatic rings. The van der Waals surface area contributed by atoms with Crippen molar-refractivity contribution >= 4 is 42.8 Å². The van der Waals surface area contributed by atoms with Crippen molar-refractivity contribution < 1.29 is 17.4 Å². The van der Waals surface area contributed by atoms with Crippen molar-refractivity contribution in [3.63, 3.8) is 0 Å². The first kappa shape index (κ1) is 51.9. The molecule has 6 aromatic rings. The molecule has 0 radical (unpaired) electrons. The average molecular weight is 1010 g/mol. The number of benzene rings is 6. The van der Waals surface area contributed by atoms with Gasteiger partial charge >= 0.3 is 393 Å². The maximum atomic E-state index is 2.89. The summed E-state index contributed by atoms with van der Waals surface area (Å²) in [4.78, 5) is 0. The SMILES string of the molecule is CC1=C(C(C)(C)C)[CH]([Zr]([CH3])([CH3])(=[SiH2])[CH]2C(C(C)(C)C)=C(C)c3c(-c4cc(C)cc(C)c4)ccc(-c4cc(C)cc(C)c4)c32)c2c(-c3cc(C)cc(C)c3)ccc(-c3cc(C)cc(C)c3)c21.Cl.Cl. The average Bonchev–Trinajstić information content (AvgIpc) is 3.66. The Morgan fingerprint density at radius 3 is 0.803 bits per heavy atom. The standard InChI is InChI=1S/2C30H33.2CH3.2ClH.H2Si.Zr/c2*1-18-11-19(2)14-23(13-18)25-9-10-26(24-15-20(3)12-21(4)16-24)29-22(5)28(17-27(25)29)30(6,7)8;;;;;;/h2*9-17H,1-8H3;2*1H3;2*1H;1H2;. The van der Waals surface area contributed by atoms with Gasteiger partial charge in [0.2, 0.25) is 0 Å². The molecule has 0 nitrogen and oxygen atoms in total. The van der Waals surface area contributed by atoms with Crippen LogP contribution < -0.4 is 0 Å². The second kappa shape index (κ2) is 17.8. The van der Waals surface area contributed by atoms with Crippen LogP contribution in [0.15, 0.2) is 108 Å². The fourth-order valence-corrected chi connectivity index (χ4v) is 32.8. The molecule has 0 N–H and O–H groups in total. The van der Waals surface area contributed by atoms with Gasteiger partial charge in [0.25, 0.3) is 0 Å². The Kier molecular flexibility index (Phi) is 14.0. The quantitative estimate of drug-likeness (QED) is 0.146. The number of hydrogen-bond donors (Lipinski definition) is 0. The van der Waals surface area contributed by atoms with Crippen LogP contribution in [0.5, 0.6) is 0 Å². The zero-order valence-corrected chi connectivity index (χ0v) is 48.9. The molecule has 66 heavy (non-hydrogen) atoms. The van der Waals surface area contributed by atoms with Gasteiger partial charge < -0.3 is 0 Å². The van der Waals surface area contributed by atoms with Crippen molar-refractivity contribution in [2.24, 2.45) is 10.8 Å². The molecule has 0 heterocycles. The molecule has 8 rings (SSSR count). The Bertz CT molecular complexity index is 2810. The number of hydrogen-bond acceptors (Lipinski definition) is 0. The van der Waals surface area contributed by atoms with Gasteiger partial charge in [-0.1, -0.05) is 0 Å². The van der Waals surface area contributed by atoms with E-state index in [2.05, 4.69) is 224 Å². The van der Waals surface area contributed by atoms with E-state index in [1.807, 2.05) is 0 Å². The first-order valence-corrected chi connectivity index (χ1v) is 37.5. The van der Waals surface area contributed by atoms with Crippen LogP contribution >= 0.6 is 24.8 Å². The Hall–Kier alpha value is -3.52. The van der Waals surface area contributed by atoms with Crippen LogP contribution in [0.4, 0.5) is 0 Å². The Morgan fingerprint density at radius 1 is 0.364 bits per heavy atom. The molecule has 346 valence electrons. The van der Waals surface area contributed by atoms with Crippen LogP contribution in [0, 0.1) is 66.2 Å². The van der Waals surface area contributed by atoms with Gasteiger partial charge in [0.05, 0.1) is 0 Å². The molecular formula is C62H76Cl2SiZr. The topological polar surface area (TPSA) is 0 Å². The van der Waals surface area contributed by atoms with Gasteiger partial charge in [0.1, 0.15) is 0 Å². The van der Waals surface area contributed by atoms with Crippen molar-refractivity contribution in [3.8, 4) is 44.5 Å². The van der Waals surface area contributed by atoms with Gasteiger partial charge in [-0.05, 0) is 0 Å². The first-order chi connectivity index (χ1) is 29.6.